The number of anilines is 1. The molecule has 0 atom stereocenters. The zero-order valence-electron chi connectivity index (χ0n) is 15.5. The molecule has 0 saturated carbocycles. The van der Waals surface area contributed by atoms with Gasteiger partial charge in [0.15, 0.2) is 0 Å². The molecule has 2 rings (SSSR count). The van der Waals surface area contributed by atoms with Crippen LogP contribution < -0.4 is 15.5 Å². The summed E-state index contributed by atoms with van der Waals surface area (Å²) >= 11 is 5.82. The van der Waals surface area contributed by atoms with Crippen LogP contribution in [-0.4, -0.2) is 18.9 Å². The Hall–Kier alpha value is -2.53. The van der Waals surface area contributed by atoms with Gasteiger partial charge in [0.05, 0.1) is 12.8 Å². The normalized spacial score (nSPS) is 11.0. The Kier molecular flexibility index (Phi) is 7.04. The molecule has 2 aromatic rings. The molecular formula is C20H24ClN3O2. The van der Waals surface area contributed by atoms with Gasteiger partial charge in [-0.15, -0.1) is 0 Å². The van der Waals surface area contributed by atoms with Gasteiger partial charge in [-0.25, -0.2) is 10.2 Å². The summed E-state index contributed by atoms with van der Waals surface area (Å²) in [7, 11) is 0. The fourth-order valence-corrected chi connectivity index (χ4v) is 2.57. The number of hydrazone groups is 1. The quantitative estimate of drug-likeness (QED) is 0.531. The number of rotatable bonds is 6. The van der Waals surface area contributed by atoms with Gasteiger partial charge in [0.25, 0.3) is 0 Å². The molecule has 0 spiro atoms. The van der Waals surface area contributed by atoms with E-state index in [0.29, 0.717) is 23.2 Å². The summed E-state index contributed by atoms with van der Waals surface area (Å²) in [5.74, 6) is 1.22. The number of nitrogens with zero attached hydrogens (tertiary/aromatic N) is 1. The highest BCUT2D eigenvalue weighted by molar-refractivity contribution is 6.30. The van der Waals surface area contributed by atoms with Crippen molar-refractivity contribution < 1.29 is 9.53 Å². The van der Waals surface area contributed by atoms with Gasteiger partial charge in [-0.05, 0) is 72.9 Å². The minimum absolute atomic E-state index is 0.325. The summed E-state index contributed by atoms with van der Waals surface area (Å²) in [5, 5.41) is 7.33. The van der Waals surface area contributed by atoms with Crippen molar-refractivity contribution in [2.75, 3.05) is 11.9 Å². The number of aryl methyl sites for hydroxylation is 1. The highest BCUT2D eigenvalue weighted by atomic mass is 35.5. The van der Waals surface area contributed by atoms with Crippen LogP contribution in [0.5, 0.6) is 5.75 Å². The molecule has 5 nitrogen and oxygen atoms in total. The van der Waals surface area contributed by atoms with Crippen molar-refractivity contribution in [1.29, 1.82) is 0 Å². The largest absolute Gasteiger partial charge is 0.494 e. The van der Waals surface area contributed by atoms with Crippen LogP contribution in [0.4, 0.5) is 10.5 Å². The molecule has 138 valence electrons. The van der Waals surface area contributed by atoms with E-state index in [9.17, 15) is 4.79 Å². The number of urea groups is 1. The lowest BCUT2D eigenvalue weighted by Gasteiger charge is -2.15. The maximum absolute atomic E-state index is 11.9. The molecule has 0 saturated heterocycles. The molecule has 2 amide bonds. The average Bonchev–Trinajstić information content (AvgIpc) is 2.59. The zero-order valence-corrected chi connectivity index (χ0v) is 16.2. The minimum atomic E-state index is -0.420. The molecule has 0 unspecified atom stereocenters. The average molecular weight is 374 g/mol. The third kappa shape index (κ3) is 5.49. The van der Waals surface area contributed by atoms with Crippen LogP contribution in [-0.2, 0) is 0 Å². The summed E-state index contributed by atoms with van der Waals surface area (Å²) in [5.41, 5.74) is 6.18. The number of ether oxygens (including phenoxy) is 1. The summed E-state index contributed by atoms with van der Waals surface area (Å²) in [4.78, 5) is 11.9. The lowest BCUT2D eigenvalue weighted by atomic mass is 9.97. The van der Waals surface area contributed by atoms with E-state index in [0.717, 1.165) is 22.4 Å². The Morgan fingerprint density at radius 2 is 1.96 bits per heavy atom. The standard InChI is InChI=1S/C20H24ClN3O2/c1-5-26-19-10-14(4)15(11-18(19)13(2)3)12-22-24-20(25)23-17-8-6-16(21)7-9-17/h6-13H,5H2,1-4H3,(H2,23,24,25)/b22-12-. The van der Waals surface area contributed by atoms with E-state index in [1.807, 2.05) is 26.0 Å². The van der Waals surface area contributed by atoms with E-state index >= 15 is 0 Å². The van der Waals surface area contributed by atoms with Gasteiger partial charge in [0.2, 0.25) is 0 Å². The van der Waals surface area contributed by atoms with Gasteiger partial charge in [-0.1, -0.05) is 25.4 Å². The molecule has 0 heterocycles. The van der Waals surface area contributed by atoms with E-state index in [1.54, 1.807) is 30.5 Å². The predicted octanol–water partition coefficient (Wildman–Crippen LogP) is 5.33. The first-order valence-electron chi connectivity index (χ1n) is 8.53. The summed E-state index contributed by atoms with van der Waals surface area (Å²) in [6, 6.07) is 10.5. The second kappa shape index (κ2) is 9.25. The van der Waals surface area contributed by atoms with Crippen LogP contribution in [0.3, 0.4) is 0 Å². The summed E-state index contributed by atoms with van der Waals surface area (Å²) in [6.45, 7) is 8.82. The Balaban J connectivity index is 2.06. The van der Waals surface area contributed by atoms with Crippen molar-refractivity contribution in [1.82, 2.24) is 5.43 Å². The molecule has 6 heteroatoms. The third-order valence-corrected chi connectivity index (χ3v) is 4.04. The summed E-state index contributed by atoms with van der Waals surface area (Å²) in [6.07, 6.45) is 1.64. The van der Waals surface area contributed by atoms with Crippen molar-refractivity contribution in [2.24, 2.45) is 5.10 Å². The van der Waals surface area contributed by atoms with E-state index in [2.05, 4.69) is 29.7 Å². The van der Waals surface area contributed by atoms with Crippen LogP contribution in [0.25, 0.3) is 0 Å². The lowest BCUT2D eigenvalue weighted by Crippen LogP contribution is -2.24. The fourth-order valence-electron chi connectivity index (χ4n) is 2.44. The van der Waals surface area contributed by atoms with Crippen LogP contribution in [0.1, 0.15) is 43.4 Å². The molecule has 0 radical (unpaired) electrons. The van der Waals surface area contributed by atoms with Gasteiger partial charge in [-0.2, -0.15) is 5.10 Å². The summed E-state index contributed by atoms with van der Waals surface area (Å²) < 4.78 is 5.72. The van der Waals surface area contributed by atoms with Crippen molar-refractivity contribution in [2.45, 2.75) is 33.6 Å². The molecule has 0 bridgehead atoms. The number of amides is 2. The number of halogens is 1. The Morgan fingerprint density at radius 1 is 1.27 bits per heavy atom. The van der Waals surface area contributed by atoms with Crippen LogP contribution in [0, 0.1) is 6.92 Å². The van der Waals surface area contributed by atoms with E-state index in [4.69, 9.17) is 16.3 Å². The first kappa shape index (κ1) is 19.8. The maximum atomic E-state index is 11.9. The van der Waals surface area contributed by atoms with Gasteiger partial charge < -0.3 is 10.1 Å². The molecule has 0 fully saturated rings. The SMILES string of the molecule is CCOc1cc(C)c(/C=N\NC(=O)Nc2ccc(Cl)cc2)cc1C(C)C. The number of carbonyl (C=O) groups is 1. The number of carbonyl (C=O) groups excluding carboxylic acids is 1. The fraction of sp³-hybridized carbons (Fsp3) is 0.300. The smallest absolute Gasteiger partial charge is 0.339 e. The second-order valence-corrected chi connectivity index (χ2v) is 6.60. The minimum Gasteiger partial charge on any atom is -0.494 e. The highest BCUT2D eigenvalue weighted by Crippen LogP contribution is 2.29. The number of benzene rings is 2. The molecular weight excluding hydrogens is 350 g/mol. The van der Waals surface area contributed by atoms with E-state index in [1.165, 1.54) is 0 Å². The van der Waals surface area contributed by atoms with Crippen LogP contribution in [0.2, 0.25) is 5.02 Å². The maximum Gasteiger partial charge on any atom is 0.339 e. The molecule has 2 N–H and O–H groups in total. The Morgan fingerprint density at radius 3 is 2.58 bits per heavy atom. The van der Waals surface area contributed by atoms with Crippen LogP contribution >= 0.6 is 11.6 Å². The van der Waals surface area contributed by atoms with Gasteiger partial charge in [0.1, 0.15) is 5.75 Å². The predicted molar refractivity (Wildman–Crippen MR) is 108 cm³/mol. The van der Waals surface area contributed by atoms with Gasteiger partial charge in [-0.3, -0.25) is 0 Å². The van der Waals surface area contributed by atoms with E-state index < -0.39 is 6.03 Å². The van der Waals surface area contributed by atoms with Crippen LogP contribution in [0.15, 0.2) is 41.5 Å². The van der Waals surface area contributed by atoms with Crippen molar-refractivity contribution in [3.8, 4) is 5.75 Å². The molecule has 2 aromatic carbocycles. The first-order valence-corrected chi connectivity index (χ1v) is 8.91. The van der Waals surface area contributed by atoms with Crippen molar-refractivity contribution in [3.05, 3.63) is 58.1 Å². The first-order chi connectivity index (χ1) is 12.4. The molecule has 0 aliphatic carbocycles. The monoisotopic (exact) mass is 373 g/mol. The molecule has 0 aromatic heterocycles. The van der Waals surface area contributed by atoms with E-state index in [-0.39, 0.29) is 0 Å². The molecule has 0 aliphatic heterocycles. The van der Waals surface area contributed by atoms with Crippen molar-refractivity contribution in [3.63, 3.8) is 0 Å². The highest BCUT2D eigenvalue weighted by Gasteiger charge is 2.11. The topological polar surface area (TPSA) is 62.7 Å². The lowest BCUT2D eigenvalue weighted by molar-refractivity contribution is 0.252. The molecule has 26 heavy (non-hydrogen) atoms. The Labute approximate surface area is 159 Å². The second-order valence-electron chi connectivity index (χ2n) is 6.17. The Bertz CT molecular complexity index is 786. The van der Waals surface area contributed by atoms with Crippen molar-refractivity contribution >= 4 is 29.5 Å². The number of hydrogen-bond donors (Lipinski definition) is 2. The number of nitrogens with one attached hydrogen (secondary N) is 2. The van der Waals surface area contributed by atoms with Gasteiger partial charge >= 0.3 is 6.03 Å². The molecule has 0 aliphatic rings. The van der Waals surface area contributed by atoms with Gasteiger partial charge in [0, 0.05) is 10.7 Å². The number of hydrogen-bond acceptors (Lipinski definition) is 3. The third-order valence-electron chi connectivity index (χ3n) is 3.79. The zero-order chi connectivity index (χ0) is 19.1.